The molecule has 1 rings (SSSR count). The summed E-state index contributed by atoms with van der Waals surface area (Å²) in [4.78, 5) is 0. The van der Waals surface area contributed by atoms with Crippen molar-refractivity contribution >= 4 is 0 Å². The summed E-state index contributed by atoms with van der Waals surface area (Å²) < 4.78 is 0. The van der Waals surface area contributed by atoms with Crippen molar-refractivity contribution in [1.82, 2.24) is 0 Å². The molecule has 0 fully saturated rings. The summed E-state index contributed by atoms with van der Waals surface area (Å²) in [7, 11) is 0. The highest BCUT2D eigenvalue weighted by atomic mass is 16.3. The van der Waals surface area contributed by atoms with E-state index in [0.29, 0.717) is 5.75 Å². The fraction of sp³-hybridized carbons (Fsp3) is 0.429. The first-order valence-electron chi connectivity index (χ1n) is 5.61. The minimum absolute atomic E-state index is 0.295. The van der Waals surface area contributed by atoms with E-state index in [4.69, 9.17) is 5.11 Å². The summed E-state index contributed by atoms with van der Waals surface area (Å²) in [6.45, 7) is 2.21. The third-order valence-electron chi connectivity index (χ3n) is 2.26. The van der Waals surface area contributed by atoms with Crippen LogP contribution in [-0.4, -0.2) is 5.11 Å². The number of benzene rings is 1. The molecule has 0 saturated carbocycles. The molecule has 0 radical (unpaired) electrons. The fourth-order valence-electron chi connectivity index (χ4n) is 1.35. The first-order chi connectivity index (χ1) is 7.33. The van der Waals surface area contributed by atoms with E-state index in [0.717, 1.165) is 12.0 Å². The van der Waals surface area contributed by atoms with Gasteiger partial charge in [0.05, 0.1) is 0 Å². The molecule has 0 spiro atoms. The Morgan fingerprint density at radius 2 is 1.80 bits per heavy atom. The van der Waals surface area contributed by atoms with Gasteiger partial charge in [0.1, 0.15) is 5.75 Å². The van der Waals surface area contributed by atoms with Gasteiger partial charge < -0.3 is 5.11 Å². The van der Waals surface area contributed by atoms with Gasteiger partial charge in [-0.15, -0.1) is 0 Å². The molecule has 0 saturated heterocycles. The Morgan fingerprint density at radius 1 is 1.07 bits per heavy atom. The van der Waals surface area contributed by atoms with Crippen LogP contribution in [0, 0.1) is 11.8 Å². The number of phenolic OH excluding ortho intramolecular Hbond substituents is 1. The van der Waals surface area contributed by atoms with E-state index in [9.17, 15) is 0 Å². The zero-order valence-electron chi connectivity index (χ0n) is 9.29. The predicted molar refractivity (Wildman–Crippen MR) is 63.7 cm³/mol. The van der Waals surface area contributed by atoms with Gasteiger partial charge in [0.2, 0.25) is 0 Å². The lowest BCUT2D eigenvalue weighted by atomic mass is 10.1. The summed E-state index contributed by atoms with van der Waals surface area (Å²) >= 11 is 0. The lowest BCUT2D eigenvalue weighted by Gasteiger charge is -1.93. The maximum atomic E-state index is 9.08. The molecule has 15 heavy (non-hydrogen) atoms. The van der Waals surface area contributed by atoms with Gasteiger partial charge in [0.25, 0.3) is 0 Å². The van der Waals surface area contributed by atoms with Gasteiger partial charge in [-0.2, -0.15) is 0 Å². The highest BCUT2D eigenvalue weighted by molar-refractivity contribution is 5.37. The van der Waals surface area contributed by atoms with Crippen LogP contribution in [0.25, 0.3) is 0 Å². The van der Waals surface area contributed by atoms with Gasteiger partial charge in [-0.05, 0) is 30.7 Å². The van der Waals surface area contributed by atoms with Crippen molar-refractivity contribution in [3.63, 3.8) is 0 Å². The molecule has 1 heteroatoms. The van der Waals surface area contributed by atoms with Crippen LogP contribution >= 0.6 is 0 Å². The predicted octanol–water partition coefficient (Wildman–Crippen LogP) is 3.71. The molecule has 0 aliphatic carbocycles. The van der Waals surface area contributed by atoms with Crippen molar-refractivity contribution in [3.8, 4) is 17.6 Å². The third kappa shape index (κ3) is 5.12. The largest absolute Gasteiger partial charge is 0.508 e. The maximum absolute atomic E-state index is 9.08. The van der Waals surface area contributed by atoms with Gasteiger partial charge in [0, 0.05) is 12.0 Å². The molecule has 0 heterocycles. The molecule has 80 valence electrons. The number of aromatic hydroxyl groups is 1. The minimum atomic E-state index is 0.295. The van der Waals surface area contributed by atoms with Gasteiger partial charge in [-0.25, -0.2) is 0 Å². The standard InChI is InChI=1S/C14H18O/c1-2-3-4-5-6-7-8-13-9-11-14(15)12-10-13/h9-12,15H,2-6H2,1H3. The SMILES string of the molecule is CCCCCCC#Cc1ccc(O)cc1. The van der Waals surface area contributed by atoms with Crippen LogP contribution in [0.4, 0.5) is 0 Å². The highest BCUT2D eigenvalue weighted by Crippen LogP contribution is 2.08. The average Bonchev–Trinajstić information content (AvgIpc) is 2.26. The summed E-state index contributed by atoms with van der Waals surface area (Å²) in [5, 5.41) is 9.08. The molecule has 1 aromatic rings. The molecule has 0 atom stereocenters. The van der Waals surface area contributed by atoms with Crippen LogP contribution in [-0.2, 0) is 0 Å². The molecule has 0 bridgehead atoms. The van der Waals surface area contributed by atoms with E-state index < -0.39 is 0 Å². The van der Waals surface area contributed by atoms with E-state index in [-0.39, 0.29) is 0 Å². The third-order valence-corrected chi connectivity index (χ3v) is 2.26. The van der Waals surface area contributed by atoms with Crippen molar-refractivity contribution in [1.29, 1.82) is 0 Å². The Kier molecular flexibility index (Phi) is 5.40. The lowest BCUT2D eigenvalue weighted by Crippen LogP contribution is -1.75. The monoisotopic (exact) mass is 202 g/mol. The summed E-state index contributed by atoms with van der Waals surface area (Å²) in [5.74, 6) is 6.53. The molecule has 0 aromatic heterocycles. The number of unbranched alkanes of at least 4 members (excludes halogenated alkanes) is 4. The van der Waals surface area contributed by atoms with Crippen molar-refractivity contribution in [2.75, 3.05) is 0 Å². The molecule has 0 aliphatic rings. The molecule has 0 amide bonds. The Hall–Kier alpha value is -1.42. The van der Waals surface area contributed by atoms with Crippen molar-refractivity contribution in [2.24, 2.45) is 0 Å². The fourth-order valence-corrected chi connectivity index (χ4v) is 1.35. The van der Waals surface area contributed by atoms with Crippen LogP contribution in [0.3, 0.4) is 0 Å². The molecule has 0 unspecified atom stereocenters. The molecule has 1 nitrogen and oxygen atoms in total. The van der Waals surface area contributed by atoms with Crippen LogP contribution in [0.1, 0.15) is 44.6 Å². The van der Waals surface area contributed by atoms with Crippen LogP contribution in [0.15, 0.2) is 24.3 Å². The summed E-state index contributed by atoms with van der Waals surface area (Å²) in [5.41, 5.74) is 0.975. The Balaban J connectivity index is 2.28. The Morgan fingerprint density at radius 3 is 2.47 bits per heavy atom. The van der Waals surface area contributed by atoms with Crippen LogP contribution in [0.2, 0.25) is 0 Å². The van der Waals surface area contributed by atoms with Crippen LogP contribution < -0.4 is 0 Å². The van der Waals surface area contributed by atoms with Gasteiger partial charge >= 0.3 is 0 Å². The van der Waals surface area contributed by atoms with E-state index in [1.165, 1.54) is 25.7 Å². The normalized spacial score (nSPS) is 9.40. The maximum Gasteiger partial charge on any atom is 0.115 e. The number of rotatable bonds is 4. The van der Waals surface area contributed by atoms with Crippen molar-refractivity contribution in [3.05, 3.63) is 29.8 Å². The van der Waals surface area contributed by atoms with Gasteiger partial charge in [-0.1, -0.05) is 38.0 Å². The zero-order chi connectivity index (χ0) is 10.9. The molecule has 0 aliphatic heterocycles. The van der Waals surface area contributed by atoms with E-state index in [1.54, 1.807) is 12.1 Å². The van der Waals surface area contributed by atoms with E-state index >= 15 is 0 Å². The topological polar surface area (TPSA) is 20.2 Å². The second-order valence-corrected chi connectivity index (χ2v) is 3.66. The lowest BCUT2D eigenvalue weighted by molar-refractivity contribution is 0.475. The van der Waals surface area contributed by atoms with Crippen molar-refractivity contribution in [2.45, 2.75) is 39.0 Å². The minimum Gasteiger partial charge on any atom is -0.508 e. The second kappa shape index (κ2) is 6.95. The zero-order valence-corrected chi connectivity index (χ0v) is 9.29. The quantitative estimate of drug-likeness (QED) is 0.583. The van der Waals surface area contributed by atoms with Crippen molar-refractivity contribution < 1.29 is 5.11 Å². The Bertz CT molecular complexity index is 327. The second-order valence-electron chi connectivity index (χ2n) is 3.66. The first kappa shape index (κ1) is 11.7. The molecule has 1 N–H and O–H groups in total. The number of hydrogen-bond donors (Lipinski definition) is 1. The van der Waals surface area contributed by atoms with Crippen LogP contribution in [0.5, 0.6) is 5.75 Å². The van der Waals surface area contributed by atoms with E-state index in [1.807, 2.05) is 12.1 Å². The van der Waals surface area contributed by atoms with Gasteiger partial charge in [0.15, 0.2) is 0 Å². The summed E-state index contributed by atoms with van der Waals surface area (Å²) in [6.07, 6.45) is 6.02. The van der Waals surface area contributed by atoms with Gasteiger partial charge in [-0.3, -0.25) is 0 Å². The number of phenols is 1. The number of hydrogen-bond acceptors (Lipinski definition) is 1. The smallest absolute Gasteiger partial charge is 0.115 e. The molecule has 1 aromatic carbocycles. The summed E-state index contributed by atoms with van der Waals surface area (Å²) in [6, 6.07) is 7.02. The highest BCUT2D eigenvalue weighted by Gasteiger charge is 1.87. The first-order valence-corrected chi connectivity index (χ1v) is 5.61. The molecular formula is C14H18O. The Labute approximate surface area is 92.1 Å². The molecular weight excluding hydrogens is 184 g/mol. The van der Waals surface area contributed by atoms with E-state index in [2.05, 4.69) is 18.8 Å². The average molecular weight is 202 g/mol.